The first-order chi connectivity index (χ1) is 8.93. The minimum absolute atomic E-state index is 0.100. The van der Waals surface area contributed by atoms with Gasteiger partial charge in [0.2, 0.25) is 10.0 Å². The van der Waals surface area contributed by atoms with Crippen LogP contribution in [0.25, 0.3) is 0 Å². The molecule has 104 valence electrons. The van der Waals surface area contributed by atoms with Gasteiger partial charge < -0.3 is 5.32 Å². The van der Waals surface area contributed by atoms with E-state index in [0.717, 1.165) is 13.0 Å². The fourth-order valence-corrected chi connectivity index (χ4v) is 3.05. The summed E-state index contributed by atoms with van der Waals surface area (Å²) < 4.78 is 25.8. The summed E-state index contributed by atoms with van der Waals surface area (Å²) in [5, 5.41) is 11.9. The van der Waals surface area contributed by atoms with Gasteiger partial charge in [-0.15, -0.1) is 0 Å². The third-order valence-electron chi connectivity index (χ3n) is 2.67. The van der Waals surface area contributed by atoms with Gasteiger partial charge >= 0.3 is 0 Å². The van der Waals surface area contributed by atoms with Crippen LogP contribution >= 0.6 is 11.6 Å². The van der Waals surface area contributed by atoms with E-state index in [1.807, 2.05) is 13.1 Å². The van der Waals surface area contributed by atoms with Gasteiger partial charge in [0.05, 0.1) is 15.5 Å². The van der Waals surface area contributed by atoms with E-state index in [2.05, 4.69) is 5.32 Å². The first-order valence-corrected chi connectivity index (χ1v) is 7.56. The van der Waals surface area contributed by atoms with Crippen molar-refractivity contribution < 1.29 is 8.42 Å². The second-order valence-corrected chi connectivity index (χ2v) is 6.49. The Hall–Kier alpha value is -1.13. The van der Waals surface area contributed by atoms with Crippen LogP contribution in [0.3, 0.4) is 0 Å². The van der Waals surface area contributed by atoms with Crippen molar-refractivity contribution in [3.05, 3.63) is 28.8 Å². The van der Waals surface area contributed by atoms with Crippen molar-refractivity contribution in [3.8, 4) is 6.07 Å². The van der Waals surface area contributed by atoms with Gasteiger partial charge in [-0.25, -0.2) is 12.7 Å². The van der Waals surface area contributed by atoms with Gasteiger partial charge in [0.15, 0.2) is 0 Å². The highest BCUT2D eigenvalue weighted by Gasteiger charge is 2.21. The topological polar surface area (TPSA) is 73.2 Å². The van der Waals surface area contributed by atoms with Crippen LogP contribution in [0.4, 0.5) is 0 Å². The number of hydrogen-bond acceptors (Lipinski definition) is 4. The molecular weight excluding hydrogens is 286 g/mol. The van der Waals surface area contributed by atoms with E-state index in [0.29, 0.717) is 6.54 Å². The second kappa shape index (κ2) is 6.87. The molecule has 19 heavy (non-hydrogen) atoms. The van der Waals surface area contributed by atoms with E-state index in [4.69, 9.17) is 16.9 Å². The van der Waals surface area contributed by atoms with Crippen LogP contribution in [0.2, 0.25) is 5.02 Å². The quantitative estimate of drug-likeness (QED) is 0.807. The summed E-state index contributed by atoms with van der Waals surface area (Å²) >= 11 is 5.85. The van der Waals surface area contributed by atoms with Gasteiger partial charge in [0.25, 0.3) is 0 Å². The van der Waals surface area contributed by atoms with Crippen LogP contribution in [0, 0.1) is 11.3 Å². The molecule has 0 bridgehead atoms. The molecule has 0 saturated carbocycles. The molecule has 0 aliphatic rings. The minimum Gasteiger partial charge on any atom is -0.320 e. The van der Waals surface area contributed by atoms with Gasteiger partial charge in [-0.05, 0) is 38.2 Å². The third-order valence-corrected chi connectivity index (χ3v) is 4.83. The molecule has 0 spiro atoms. The Morgan fingerprint density at radius 1 is 1.47 bits per heavy atom. The fourth-order valence-electron chi connectivity index (χ4n) is 1.53. The summed E-state index contributed by atoms with van der Waals surface area (Å²) in [6.45, 7) is 1.16. The van der Waals surface area contributed by atoms with Gasteiger partial charge in [0.1, 0.15) is 6.07 Å². The Bertz CT molecular complexity index is 581. The Morgan fingerprint density at radius 2 is 2.16 bits per heavy atom. The zero-order valence-electron chi connectivity index (χ0n) is 10.9. The minimum atomic E-state index is -3.56. The monoisotopic (exact) mass is 301 g/mol. The van der Waals surface area contributed by atoms with Crippen molar-refractivity contribution in [2.75, 3.05) is 27.2 Å². The lowest BCUT2D eigenvalue weighted by atomic mass is 10.2. The summed E-state index contributed by atoms with van der Waals surface area (Å²) in [5.41, 5.74) is 0.262. The predicted molar refractivity (Wildman–Crippen MR) is 74.5 cm³/mol. The van der Waals surface area contributed by atoms with Gasteiger partial charge in [-0.2, -0.15) is 5.26 Å². The van der Waals surface area contributed by atoms with E-state index in [1.54, 1.807) is 0 Å². The zero-order valence-corrected chi connectivity index (χ0v) is 12.4. The lowest BCUT2D eigenvalue weighted by Crippen LogP contribution is -2.29. The number of halogens is 1. The molecule has 0 amide bonds. The first-order valence-electron chi connectivity index (χ1n) is 5.74. The SMILES string of the molecule is CNCCCN(C)S(=O)(=O)c1ccc(C#N)c(Cl)c1. The largest absolute Gasteiger partial charge is 0.320 e. The lowest BCUT2D eigenvalue weighted by molar-refractivity contribution is 0.458. The van der Waals surface area contributed by atoms with Crippen molar-refractivity contribution in [3.63, 3.8) is 0 Å². The molecule has 1 rings (SSSR count). The van der Waals surface area contributed by atoms with Crippen molar-refractivity contribution in [1.82, 2.24) is 9.62 Å². The van der Waals surface area contributed by atoms with Crippen LogP contribution < -0.4 is 5.32 Å². The number of nitrogens with zero attached hydrogens (tertiary/aromatic N) is 2. The number of sulfonamides is 1. The molecule has 0 unspecified atom stereocenters. The molecule has 0 fully saturated rings. The van der Waals surface area contributed by atoms with Gasteiger partial charge in [-0.3, -0.25) is 0 Å². The van der Waals surface area contributed by atoms with Crippen molar-refractivity contribution >= 4 is 21.6 Å². The normalized spacial score (nSPS) is 11.5. The van der Waals surface area contributed by atoms with Crippen molar-refractivity contribution in [2.45, 2.75) is 11.3 Å². The van der Waals surface area contributed by atoms with E-state index in [1.165, 1.54) is 29.6 Å². The van der Waals surface area contributed by atoms with E-state index < -0.39 is 10.0 Å². The van der Waals surface area contributed by atoms with Crippen LogP contribution in [0.15, 0.2) is 23.1 Å². The Balaban J connectivity index is 2.94. The standard InChI is InChI=1S/C12H16ClN3O2S/c1-15-6-3-7-16(2)19(17,18)11-5-4-10(9-14)12(13)8-11/h4-5,8,15H,3,6-7H2,1-2H3. The maximum absolute atomic E-state index is 12.2. The maximum atomic E-state index is 12.2. The fraction of sp³-hybridized carbons (Fsp3) is 0.417. The smallest absolute Gasteiger partial charge is 0.242 e. The second-order valence-electron chi connectivity index (χ2n) is 4.04. The predicted octanol–water partition coefficient (Wildman–Crippen LogP) is 1.44. The Labute approximate surface area is 118 Å². The molecular formula is C12H16ClN3O2S. The number of rotatable bonds is 6. The van der Waals surface area contributed by atoms with Crippen LogP contribution in [0.5, 0.6) is 0 Å². The number of nitriles is 1. The summed E-state index contributed by atoms with van der Waals surface area (Å²) in [6, 6.07) is 6.02. The molecule has 0 radical (unpaired) electrons. The summed E-state index contributed by atoms with van der Waals surface area (Å²) in [6.07, 6.45) is 0.718. The molecule has 0 atom stereocenters. The third kappa shape index (κ3) is 3.91. The lowest BCUT2D eigenvalue weighted by Gasteiger charge is -2.17. The summed E-state index contributed by atoms with van der Waals surface area (Å²) in [4.78, 5) is 0.100. The van der Waals surface area contributed by atoms with Crippen molar-refractivity contribution in [1.29, 1.82) is 5.26 Å². The molecule has 0 saturated heterocycles. The van der Waals surface area contributed by atoms with Crippen LogP contribution in [0.1, 0.15) is 12.0 Å². The summed E-state index contributed by atoms with van der Waals surface area (Å²) in [7, 11) is -0.216. The molecule has 0 heterocycles. The molecule has 0 aromatic heterocycles. The average molecular weight is 302 g/mol. The molecule has 7 heteroatoms. The molecule has 1 aromatic carbocycles. The Morgan fingerprint density at radius 3 is 2.68 bits per heavy atom. The number of hydrogen-bond donors (Lipinski definition) is 1. The Kier molecular flexibility index (Phi) is 5.76. The maximum Gasteiger partial charge on any atom is 0.242 e. The summed E-state index contributed by atoms with van der Waals surface area (Å²) in [5.74, 6) is 0. The van der Waals surface area contributed by atoms with Crippen molar-refractivity contribution in [2.24, 2.45) is 0 Å². The highest BCUT2D eigenvalue weighted by molar-refractivity contribution is 7.89. The molecule has 0 aliphatic carbocycles. The first kappa shape index (κ1) is 15.9. The molecule has 1 aromatic rings. The molecule has 0 aliphatic heterocycles. The van der Waals surface area contributed by atoms with Crippen LogP contribution in [-0.2, 0) is 10.0 Å². The molecule has 1 N–H and O–H groups in total. The highest BCUT2D eigenvalue weighted by Crippen LogP contribution is 2.22. The number of benzene rings is 1. The average Bonchev–Trinajstić information content (AvgIpc) is 2.38. The zero-order chi connectivity index (χ0) is 14.5. The van der Waals surface area contributed by atoms with Gasteiger partial charge in [-0.1, -0.05) is 11.6 Å². The van der Waals surface area contributed by atoms with E-state index in [-0.39, 0.29) is 15.5 Å². The van der Waals surface area contributed by atoms with Crippen LogP contribution in [-0.4, -0.2) is 39.9 Å². The van der Waals surface area contributed by atoms with Gasteiger partial charge in [0, 0.05) is 13.6 Å². The molecule has 5 nitrogen and oxygen atoms in total. The highest BCUT2D eigenvalue weighted by atomic mass is 35.5. The van der Waals surface area contributed by atoms with E-state index in [9.17, 15) is 8.42 Å². The van der Waals surface area contributed by atoms with E-state index >= 15 is 0 Å². The number of nitrogens with one attached hydrogen (secondary N) is 1.